The van der Waals surface area contributed by atoms with Gasteiger partial charge in [-0.05, 0) is 51.8 Å². The topological polar surface area (TPSA) is 9.23 Å². The van der Waals surface area contributed by atoms with Crippen molar-refractivity contribution in [2.75, 3.05) is 0 Å². The molecule has 0 aliphatic rings. The van der Waals surface area contributed by atoms with E-state index in [4.69, 9.17) is 39.5 Å². The first-order chi connectivity index (χ1) is 8.56. The Morgan fingerprint density at radius 1 is 0.944 bits per heavy atom. The summed E-state index contributed by atoms with van der Waals surface area (Å²) in [4.78, 5) is 0. The maximum Gasteiger partial charge on any atom is 0.135 e. The molecule has 0 atom stereocenters. The van der Waals surface area contributed by atoms with Crippen molar-refractivity contribution in [1.82, 2.24) is 0 Å². The number of hydrogen-bond donors (Lipinski definition) is 0. The molecule has 94 valence electrons. The van der Waals surface area contributed by atoms with E-state index < -0.39 is 0 Å². The average Bonchev–Trinajstić information content (AvgIpc) is 2.34. The molecule has 0 heterocycles. The van der Waals surface area contributed by atoms with Crippen molar-refractivity contribution in [3.8, 4) is 5.75 Å². The minimum Gasteiger partial charge on any atom is -0.488 e. The van der Waals surface area contributed by atoms with Crippen molar-refractivity contribution >= 4 is 50.7 Å². The highest BCUT2D eigenvalue weighted by atomic mass is 79.9. The molecule has 0 bridgehead atoms. The Morgan fingerprint density at radius 3 is 2.44 bits per heavy atom. The lowest BCUT2D eigenvalue weighted by molar-refractivity contribution is 0.304. The van der Waals surface area contributed by atoms with Crippen LogP contribution in [0.2, 0.25) is 15.1 Å². The molecule has 0 saturated carbocycles. The van der Waals surface area contributed by atoms with Gasteiger partial charge in [0.1, 0.15) is 12.4 Å². The predicted octanol–water partition coefficient (Wildman–Crippen LogP) is 5.99. The van der Waals surface area contributed by atoms with Crippen molar-refractivity contribution in [2.45, 2.75) is 6.61 Å². The summed E-state index contributed by atoms with van der Waals surface area (Å²) in [5.41, 5.74) is 0.941. The summed E-state index contributed by atoms with van der Waals surface area (Å²) in [5, 5.41) is 1.68. The van der Waals surface area contributed by atoms with E-state index in [2.05, 4.69) is 15.9 Å². The van der Waals surface area contributed by atoms with Gasteiger partial charge in [-0.25, -0.2) is 0 Å². The third-order valence-corrected chi connectivity index (χ3v) is 3.90. The van der Waals surface area contributed by atoms with Crippen molar-refractivity contribution in [2.24, 2.45) is 0 Å². The van der Waals surface area contributed by atoms with Gasteiger partial charge in [-0.1, -0.05) is 40.9 Å². The average molecular weight is 366 g/mol. The Morgan fingerprint density at radius 2 is 1.72 bits per heavy atom. The van der Waals surface area contributed by atoms with E-state index in [1.807, 2.05) is 12.1 Å². The zero-order chi connectivity index (χ0) is 13.1. The van der Waals surface area contributed by atoms with Gasteiger partial charge in [-0.15, -0.1) is 0 Å². The van der Waals surface area contributed by atoms with Crippen molar-refractivity contribution < 1.29 is 4.74 Å². The smallest absolute Gasteiger partial charge is 0.135 e. The molecule has 5 heteroatoms. The molecule has 0 aliphatic heterocycles. The molecule has 0 unspecified atom stereocenters. The molecule has 0 aliphatic carbocycles. The highest BCUT2D eigenvalue weighted by Crippen LogP contribution is 2.29. The van der Waals surface area contributed by atoms with Crippen LogP contribution >= 0.6 is 50.7 Å². The van der Waals surface area contributed by atoms with Gasteiger partial charge < -0.3 is 4.74 Å². The van der Waals surface area contributed by atoms with Crippen LogP contribution in [0.25, 0.3) is 0 Å². The van der Waals surface area contributed by atoms with Gasteiger partial charge in [0.25, 0.3) is 0 Å². The van der Waals surface area contributed by atoms with Crippen LogP contribution in [0.15, 0.2) is 40.9 Å². The van der Waals surface area contributed by atoms with E-state index in [9.17, 15) is 0 Å². The maximum atomic E-state index is 5.93. The lowest BCUT2D eigenvalue weighted by atomic mass is 10.2. The van der Waals surface area contributed by atoms with E-state index in [-0.39, 0.29) is 0 Å². The fourth-order valence-electron chi connectivity index (χ4n) is 1.38. The van der Waals surface area contributed by atoms with Crippen LogP contribution in [0.4, 0.5) is 0 Å². The summed E-state index contributed by atoms with van der Waals surface area (Å²) in [6, 6.07) is 10.8. The van der Waals surface area contributed by atoms with E-state index in [1.165, 1.54) is 0 Å². The summed E-state index contributed by atoms with van der Waals surface area (Å²) in [6.07, 6.45) is 0. The lowest BCUT2D eigenvalue weighted by Crippen LogP contribution is -1.96. The Bertz CT molecular complexity index is 572. The summed E-state index contributed by atoms with van der Waals surface area (Å²) in [7, 11) is 0. The van der Waals surface area contributed by atoms with Gasteiger partial charge >= 0.3 is 0 Å². The second-order valence-electron chi connectivity index (χ2n) is 3.61. The minimum atomic E-state index is 0.399. The SMILES string of the molecule is Clc1ccc(Br)c(OCc2ccc(Cl)c(Cl)c2)c1. The molecule has 2 rings (SSSR count). The van der Waals surface area contributed by atoms with E-state index in [1.54, 1.807) is 24.3 Å². The first-order valence-corrected chi connectivity index (χ1v) is 7.01. The minimum absolute atomic E-state index is 0.399. The molecule has 0 radical (unpaired) electrons. The Kier molecular flexibility index (Phi) is 4.79. The number of rotatable bonds is 3. The maximum absolute atomic E-state index is 5.93. The molecule has 0 spiro atoms. The Labute approximate surface area is 129 Å². The third kappa shape index (κ3) is 3.55. The second-order valence-corrected chi connectivity index (χ2v) is 5.72. The highest BCUT2D eigenvalue weighted by molar-refractivity contribution is 9.10. The first-order valence-electron chi connectivity index (χ1n) is 5.08. The van der Waals surface area contributed by atoms with Gasteiger partial charge in [-0.2, -0.15) is 0 Å². The van der Waals surface area contributed by atoms with Gasteiger partial charge in [0.05, 0.1) is 14.5 Å². The van der Waals surface area contributed by atoms with Crippen molar-refractivity contribution in [1.29, 1.82) is 0 Å². The van der Waals surface area contributed by atoms with Gasteiger partial charge in [0.2, 0.25) is 0 Å². The zero-order valence-electron chi connectivity index (χ0n) is 9.09. The third-order valence-electron chi connectivity index (χ3n) is 2.27. The molecule has 2 aromatic carbocycles. The van der Waals surface area contributed by atoms with Crippen LogP contribution in [-0.4, -0.2) is 0 Å². The molecule has 1 nitrogen and oxygen atoms in total. The van der Waals surface area contributed by atoms with Gasteiger partial charge in [0, 0.05) is 5.02 Å². The number of hydrogen-bond acceptors (Lipinski definition) is 1. The van der Waals surface area contributed by atoms with Crippen LogP contribution in [0, 0.1) is 0 Å². The van der Waals surface area contributed by atoms with Crippen molar-refractivity contribution in [3.05, 3.63) is 61.5 Å². The quantitative estimate of drug-likeness (QED) is 0.648. The van der Waals surface area contributed by atoms with Crippen LogP contribution < -0.4 is 4.74 Å². The van der Waals surface area contributed by atoms with E-state index in [0.717, 1.165) is 10.0 Å². The summed E-state index contributed by atoms with van der Waals surface area (Å²) in [5.74, 6) is 0.688. The highest BCUT2D eigenvalue weighted by Gasteiger charge is 2.04. The van der Waals surface area contributed by atoms with E-state index >= 15 is 0 Å². The number of halogens is 4. The standard InChI is InChI=1S/C13H8BrCl3O/c14-10-3-2-9(15)6-13(10)18-7-8-1-4-11(16)12(17)5-8/h1-6H,7H2. The van der Waals surface area contributed by atoms with Crippen molar-refractivity contribution in [3.63, 3.8) is 0 Å². The summed E-state index contributed by atoms with van der Waals surface area (Å²) in [6.45, 7) is 0.399. The summed E-state index contributed by atoms with van der Waals surface area (Å²) < 4.78 is 6.52. The molecule has 18 heavy (non-hydrogen) atoms. The van der Waals surface area contributed by atoms with Gasteiger partial charge in [-0.3, -0.25) is 0 Å². The van der Waals surface area contributed by atoms with Crippen LogP contribution in [0.5, 0.6) is 5.75 Å². The molecule has 0 saturated heterocycles. The fourth-order valence-corrected chi connectivity index (χ4v) is 2.22. The monoisotopic (exact) mass is 364 g/mol. The van der Waals surface area contributed by atoms with Crippen LogP contribution in [0.1, 0.15) is 5.56 Å². The number of ether oxygens (including phenoxy) is 1. The lowest BCUT2D eigenvalue weighted by Gasteiger charge is -2.09. The second kappa shape index (κ2) is 6.16. The number of benzene rings is 2. The molecule has 0 fully saturated rings. The van der Waals surface area contributed by atoms with Crippen LogP contribution in [0.3, 0.4) is 0 Å². The first kappa shape index (κ1) is 14.0. The van der Waals surface area contributed by atoms with Crippen LogP contribution in [-0.2, 0) is 6.61 Å². The predicted molar refractivity (Wildman–Crippen MR) is 79.9 cm³/mol. The van der Waals surface area contributed by atoms with E-state index in [0.29, 0.717) is 27.4 Å². The molecular formula is C13H8BrCl3O. The molecule has 0 N–H and O–H groups in total. The summed E-state index contributed by atoms with van der Waals surface area (Å²) >= 11 is 21.1. The molecular weight excluding hydrogens is 358 g/mol. The molecule has 2 aromatic rings. The zero-order valence-corrected chi connectivity index (χ0v) is 12.9. The fraction of sp³-hybridized carbons (Fsp3) is 0.0769. The molecule has 0 amide bonds. The van der Waals surface area contributed by atoms with Gasteiger partial charge in [0.15, 0.2) is 0 Å². The largest absolute Gasteiger partial charge is 0.488 e. The Balaban J connectivity index is 2.11. The Hall–Kier alpha value is -0.410. The normalized spacial score (nSPS) is 10.4. The molecule has 0 aromatic heterocycles.